The van der Waals surface area contributed by atoms with Crippen molar-refractivity contribution in [1.29, 1.82) is 0 Å². The quantitative estimate of drug-likeness (QED) is 0.907. The van der Waals surface area contributed by atoms with Crippen molar-refractivity contribution in [2.75, 3.05) is 11.9 Å². The fourth-order valence-electron chi connectivity index (χ4n) is 2.93. The maximum atomic E-state index is 4.31. The van der Waals surface area contributed by atoms with Crippen LogP contribution in [0.5, 0.6) is 0 Å². The molecule has 2 rings (SSSR count). The van der Waals surface area contributed by atoms with Crippen molar-refractivity contribution >= 4 is 5.69 Å². The lowest BCUT2D eigenvalue weighted by molar-refractivity contribution is 0.417. The van der Waals surface area contributed by atoms with E-state index in [1.807, 2.05) is 12.4 Å². The lowest BCUT2D eigenvalue weighted by Gasteiger charge is -2.34. The Balaban J connectivity index is 2.09. The van der Waals surface area contributed by atoms with Crippen molar-refractivity contribution in [3.05, 3.63) is 24.0 Å². The van der Waals surface area contributed by atoms with E-state index < -0.39 is 0 Å². The van der Waals surface area contributed by atoms with Crippen molar-refractivity contribution in [3.63, 3.8) is 0 Å². The maximum absolute atomic E-state index is 4.31. The van der Waals surface area contributed by atoms with E-state index in [1.165, 1.54) is 43.4 Å². The van der Waals surface area contributed by atoms with Crippen molar-refractivity contribution in [3.8, 4) is 0 Å². The minimum atomic E-state index is 0.135. The van der Waals surface area contributed by atoms with Crippen LogP contribution in [0.15, 0.2) is 18.5 Å². The highest BCUT2D eigenvalue weighted by atomic mass is 15.1. The molecule has 112 valence electrons. The topological polar surface area (TPSA) is 28.2 Å². The minimum absolute atomic E-state index is 0.135. The number of pyridine rings is 1. The van der Waals surface area contributed by atoms with Gasteiger partial charge in [0.1, 0.15) is 0 Å². The molecular weight excluding hydrogens is 246 g/mol. The van der Waals surface area contributed by atoms with E-state index in [2.05, 4.69) is 49.1 Å². The zero-order chi connectivity index (χ0) is 14.6. The van der Waals surface area contributed by atoms with Crippen molar-refractivity contribution in [2.45, 2.75) is 71.0 Å². The third kappa shape index (κ3) is 4.20. The molecule has 1 heterocycles. The van der Waals surface area contributed by atoms with E-state index in [0.29, 0.717) is 6.04 Å². The Morgan fingerprint density at radius 3 is 2.60 bits per heavy atom. The number of nitrogens with one attached hydrogen (secondary N) is 1. The molecule has 0 radical (unpaired) electrons. The first-order chi connectivity index (χ1) is 9.47. The molecule has 1 aliphatic carbocycles. The van der Waals surface area contributed by atoms with Gasteiger partial charge in [0.05, 0.1) is 0 Å². The minimum Gasteiger partial charge on any atom is -0.371 e. The molecular formula is C17H29N3. The summed E-state index contributed by atoms with van der Waals surface area (Å²) in [5.74, 6) is 0. The Labute approximate surface area is 123 Å². The van der Waals surface area contributed by atoms with Crippen LogP contribution < -0.4 is 10.2 Å². The van der Waals surface area contributed by atoms with Crippen LogP contribution in [0.2, 0.25) is 0 Å². The summed E-state index contributed by atoms with van der Waals surface area (Å²) in [5, 5.41) is 3.57. The van der Waals surface area contributed by atoms with Gasteiger partial charge in [0, 0.05) is 48.8 Å². The molecule has 1 N–H and O–H groups in total. The normalized spacial score (nSPS) is 17.2. The van der Waals surface area contributed by atoms with E-state index in [1.54, 1.807) is 0 Å². The van der Waals surface area contributed by atoms with Gasteiger partial charge in [-0.05, 0) is 39.7 Å². The molecule has 0 bridgehead atoms. The molecule has 20 heavy (non-hydrogen) atoms. The molecule has 1 saturated carbocycles. The summed E-state index contributed by atoms with van der Waals surface area (Å²) in [6, 6.07) is 2.86. The van der Waals surface area contributed by atoms with E-state index in [4.69, 9.17) is 0 Å². The highest BCUT2D eigenvalue weighted by molar-refractivity contribution is 5.52. The first-order valence-corrected chi connectivity index (χ1v) is 7.88. The molecule has 0 saturated heterocycles. The second-order valence-electron chi connectivity index (χ2n) is 7.01. The second-order valence-corrected chi connectivity index (χ2v) is 7.01. The zero-order valence-corrected chi connectivity index (χ0v) is 13.4. The fraction of sp³-hybridized carbons (Fsp3) is 0.706. The summed E-state index contributed by atoms with van der Waals surface area (Å²) >= 11 is 0. The zero-order valence-electron chi connectivity index (χ0n) is 13.4. The van der Waals surface area contributed by atoms with Crippen LogP contribution >= 0.6 is 0 Å². The largest absolute Gasteiger partial charge is 0.371 e. The average Bonchev–Trinajstić information content (AvgIpc) is 2.45. The van der Waals surface area contributed by atoms with Gasteiger partial charge in [-0.1, -0.05) is 19.3 Å². The third-order valence-corrected chi connectivity index (χ3v) is 4.19. The Morgan fingerprint density at radius 2 is 1.95 bits per heavy atom. The van der Waals surface area contributed by atoms with Crippen molar-refractivity contribution in [2.24, 2.45) is 0 Å². The highest BCUT2D eigenvalue weighted by Gasteiger charge is 2.20. The summed E-state index contributed by atoms with van der Waals surface area (Å²) in [7, 11) is 2.24. The molecule has 1 aromatic heterocycles. The molecule has 1 fully saturated rings. The molecule has 1 aromatic rings. The Hall–Kier alpha value is -1.09. The molecule has 3 nitrogen and oxygen atoms in total. The number of hydrogen-bond donors (Lipinski definition) is 1. The first kappa shape index (κ1) is 15.3. The van der Waals surface area contributed by atoms with Gasteiger partial charge in [-0.3, -0.25) is 4.98 Å². The van der Waals surface area contributed by atoms with Crippen LogP contribution in [0.3, 0.4) is 0 Å². The average molecular weight is 275 g/mol. The predicted molar refractivity (Wildman–Crippen MR) is 86.1 cm³/mol. The van der Waals surface area contributed by atoms with Crippen LogP contribution in [0, 0.1) is 0 Å². The van der Waals surface area contributed by atoms with E-state index in [0.717, 1.165) is 6.54 Å². The summed E-state index contributed by atoms with van der Waals surface area (Å²) in [6.07, 6.45) is 10.7. The standard InChI is InChI=1S/C17H29N3/c1-17(2,3)19-13-14-12-18-11-10-16(14)20(4)15-8-6-5-7-9-15/h10-12,15,19H,5-9,13H2,1-4H3. The van der Waals surface area contributed by atoms with Crippen LogP contribution in [0.25, 0.3) is 0 Å². The first-order valence-electron chi connectivity index (χ1n) is 7.88. The molecule has 0 aliphatic heterocycles. The van der Waals surface area contributed by atoms with Gasteiger partial charge in [0.25, 0.3) is 0 Å². The predicted octanol–water partition coefficient (Wildman–Crippen LogP) is 3.74. The van der Waals surface area contributed by atoms with Gasteiger partial charge in [0.15, 0.2) is 0 Å². The molecule has 1 aliphatic rings. The lowest BCUT2D eigenvalue weighted by Crippen LogP contribution is -2.37. The second kappa shape index (κ2) is 6.57. The van der Waals surface area contributed by atoms with E-state index >= 15 is 0 Å². The van der Waals surface area contributed by atoms with Crippen LogP contribution in [0.1, 0.15) is 58.4 Å². The van der Waals surface area contributed by atoms with Crippen LogP contribution in [-0.2, 0) is 6.54 Å². The molecule has 0 amide bonds. The fourth-order valence-corrected chi connectivity index (χ4v) is 2.93. The van der Waals surface area contributed by atoms with Gasteiger partial charge < -0.3 is 10.2 Å². The number of rotatable bonds is 4. The maximum Gasteiger partial charge on any atom is 0.0442 e. The molecule has 0 spiro atoms. The summed E-state index contributed by atoms with van der Waals surface area (Å²) < 4.78 is 0. The smallest absolute Gasteiger partial charge is 0.0442 e. The van der Waals surface area contributed by atoms with Crippen LogP contribution in [-0.4, -0.2) is 23.6 Å². The van der Waals surface area contributed by atoms with Crippen LogP contribution in [0.4, 0.5) is 5.69 Å². The summed E-state index contributed by atoms with van der Waals surface area (Å²) in [5.41, 5.74) is 2.77. The van der Waals surface area contributed by atoms with Gasteiger partial charge in [-0.25, -0.2) is 0 Å². The Kier molecular flexibility index (Phi) is 5.03. The Morgan fingerprint density at radius 1 is 1.25 bits per heavy atom. The number of anilines is 1. The van der Waals surface area contributed by atoms with E-state index in [-0.39, 0.29) is 5.54 Å². The van der Waals surface area contributed by atoms with Gasteiger partial charge >= 0.3 is 0 Å². The van der Waals surface area contributed by atoms with Gasteiger partial charge in [-0.15, -0.1) is 0 Å². The lowest BCUT2D eigenvalue weighted by atomic mass is 9.94. The highest BCUT2D eigenvalue weighted by Crippen LogP contribution is 2.28. The van der Waals surface area contributed by atoms with Crippen molar-refractivity contribution < 1.29 is 0 Å². The molecule has 0 atom stereocenters. The van der Waals surface area contributed by atoms with Gasteiger partial charge in [0.2, 0.25) is 0 Å². The molecule has 0 aromatic carbocycles. The monoisotopic (exact) mass is 275 g/mol. The molecule has 3 heteroatoms. The number of nitrogens with zero attached hydrogens (tertiary/aromatic N) is 2. The molecule has 0 unspecified atom stereocenters. The number of hydrogen-bond acceptors (Lipinski definition) is 3. The SMILES string of the molecule is CN(c1ccncc1CNC(C)(C)C)C1CCCCC1. The number of aromatic nitrogens is 1. The third-order valence-electron chi connectivity index (χ3n) is 4.19. The van der Waals surface area contributed by atoms with E-state index in [9.17, 15) is 0 Å². The van der Waals surface area contributed by atoms with Gasteiger partial charge in [-0.2, -0.15) is 0 Å². The summed E-state index contributed by atoms with van der Waals surface area (Å²) in [4.78, 5) is 6.78. The van der Waals surface area contributed by atoms with Crippen molar-refractivity contribution in [1.82, 2.24) is 10.3 Å². The Bertz CT molecular complexity index is 416. The summed E-state index contributed by atoms with van der Waals surface area (Å²) in [6.45, 7) is 7.49.